The van der Waals surface area contributed by atoms with Gasteiger partial charge in [-0.1, -0.05) is 6.42 Å². The fraction of sp³-hybridized carbons (Fsp3) is 0.857. The third-order valence-electron chi connectivity index (χ3n) is 1.71. The summed E-state index contributed by atoms with van der Waals surface area (Å²) in [6.45, 7) is 7.01. The zero-order valence-corrected chi connectivity index (χ0v) is 5.90. The molecule has 0 aliphatic carbocycles. The van der Waals surface area contributed by atoms with Gasteiger partial charge in [-0.15, -0.1) is 0 Å². The molecule has 0 saturated carbocycles. The van der Waals surface area contributed by atoms with Gasteiger partial charge in [-0.05, 0) is 19.8 Å². The lowest BCUT2D eigenvalue weighted by atomic mass is 10.2. The van der Waals surface area contributed by atoms with Crippen molar-refractivity contribution < 1.29 is 0 Å². The van der Waals surface area contributed by atoms with Crippen LogP contribution in [0.25, 0.3) is 0 Å². The average Bonchev–Trinajstić information content (AvgIpc) is 2.13. The maximum absolute atomic E-state index is 3.81. The molecule has 0 aromatic carbocycles. The third-order valence-corrected chi connectivity index (χ3v) is 1.71. The first-order valence-corrected chi connectivity index (χ1v) is 3.71. The number of rotatable bonds is 1. The summed E-state index contributed by atoms with van der Waals surface area (Å²) in [4.78, 5) is 0. The summed E-state index contributed by atoms with van der Waals surface area (Å²) in [7, 11) is 0. The quantitative estimate of drug-likeness (QED) is 0.561. The van der Waals surface area contributed by atoms with Crippen molar-refractivity contribution in [2.24, 2.45) is 0 Å². The largest absolute Gasteiger partial charge is 0.255 e. The van der Waals surface area contributed by atoms with E-state index in [0.29, 0.717) is 0 Å². The number of hydrazine groups is 1. The summed E-state index contributed by atoms with van der Waals surface area (Å²) in [5.41, 5.74) is 3.30. The van der Waals surface area contributed by atoms with Gasteiger partial charge in [0.05, 0.1) is 0 Å². The van der Waals surface area contributed by atoms with Crippen molar-refractivity contribution in [1.82, 2.24) is 10.4 Å². The van der Waals surface area contributed by atoms with Crippen molar-refractivity contribution in [2.75, 3.05) is 19.6 Å². The molecular formula is C7H15N2. The SMILES string of the molecule is [CH2]CN1CCCCCN1. The molecule has 1 saturated heterocycles. The van der Waals surface area contributed by atoms with Crippen LogP contribution in [0, 0.1) is 6.92 Å². The second-order valence-corrected chi connectivity index (χ2v) is 2.46. The number of hydrogen-bond donors (Lipinski definition) is 1. The highest BCUT2D eigenvalue weighted by Gasteiger charge is 2.03. The van der Waals surface area contributed by atoms with Crippen LogP contribution in [-0.4, -0.2) is 24.6 Å². The Kier molecular flexibility index (Phi) is 3.01. The predicted molar refractivity (Wildman–Crippen MR) is 38.8 cm³/mol. The molecule has 0 amide bonds. The Bertz CT molecular complexity index is 65.3. The van der Waals surface area contributed by atoms with Gasteiger partial charge in [0.2, 0.25) is 0 Å². The van der Waals surface area contributed by atoms with Gasteiger partial charge >= 0.3 is 0 Å². The molecule has 1 aliphatic rings. The molecule has 0 aromatic heterocycles. The molecule has 1 N–H and O–H groups in total. The second-order valence-electron chi connectivity index (χ2n) is 2.46. The van der Waals surface area contributed by atoms with Crippen LogP contribution in [0.2, 0.25) is 0 Å². The van der Waals surface area contributed by atoms with E-state index >= 15 is 0 Å². The van der Waals surface area contributed by atoms with Crippen molar-refractivity contribution in [3.8, 4) is 0 Å². The van der Waals surface area contributed by atoms with Gasteiger partial charge in [0, 0.05) is 19.6 Å². The fourth-order valence-corrected chi connectivity index (χ4v) is 1.11. The Hall–Kier alpha value is -0.0800. The third kappa shape index (κ3) is 2.33. The average molecular weight is 127 g/mol. The van der Waals surface area contributed by atoms with E-state index in [4.69, 9.17) is 0 Å². The van der Waals surface area contributed by atoms with Crippen molar-refractivity contribution in [3.63, 3.8) is 0 Å². The van der Waals surface area contributed by atoms with Crippen LogP contribution < -0.4 is 5.43 Å². The number of nitrogens with zero attached hydrogens (tertiary/aromatic N) is 1. The molecule has 0 aromatic rings. The number of hydrogen-bond acceptors (Lipinski definition) is 2. The van der Waals surface area contributed by atoms with Crippen LogP contribution in [0.1, 0.15) is 19.3 Å². The van der Waals surface area contributed by atoms with Gasteiger partial charge in [-0.2, -0.15) is 0 Å². The highest BCUT2D eigenvalue weighted by atomic mass is 15.5. The first kappa shape index (κ1) is 7.03. The van der Waals surface area contributed by atoms with Gasteiger partial charge in [0.15, 0.2) is 0 Å². The van der Waals surface area contributed by atoms with E-state index in [0.717, 1.165) is 13.1 Å². The van der Waals surface area contributed by atoms with E-state index in [1.54, 1.807) is 0 Å². The molecule has 1 radical (unpaired) electrons. The van der Waals surface area contributed by atoms with E-state index in [-0.39, 0.29) is 0 Å². The van der Waals surface area contributed by atoms with Gasteiger partial charge in [0.25, 0.3) is 0 Å². The lowest BCUT2D eigenvalue weighted by Crippen LogP contribution is -2.37. The minimum Gasteiger partial charge on any atom is -0.255 e. The molecule has 0 atom stereocenters. The molecule has 2 nitrogen and oxygen atoms in total. The van der Waals surface area contributed by atoms with Crippen molar-refractivity contribution in [3.05, 3.63) is 6.92 Å². The van der Waals surface area contributed by atoms with Crippen molar-refractivity contribution >= 4 is 0 Å². The van der Waals surface area contributed by atoms with Gasteiger partial charge in [-0.3, -0.25) is 5.43 Å². The summed E-state index contributed by atoms with van der Waals surface area (Å²) in [6.07, 6.45) is 4.00. The maximum atomic E-state index is 3.81. The zero-order valence-electron chi connectivity index (χ0n) is 5.90. The van der Waals surface area contributed by atoms with Crippen molar-refractivity contribution in [1.29, 1.82) is 0 Å². The van der Waals surface area contributed by atoms with Gasteiger partial charge in [-0.25, -0.2) is 5.01 Å². The van der Waals surface area contributed by atoms with E-state index < -0.39 is 0 Å². The highest BCUT2D eigenvalue weighted by molar-refractivity contribution is 4.59. The van der Waals surface area contributed by atoms with Gasteiger partial charge in [0.1, 0.15) is 0 Å². The Labute approximate surface area is 57.2 Å². The van der Waals surface area contributed by atoms with Crippen LogP contribution in [0.4, 0.5) is 0 Å². The molecule has 0 spiro atoms. The summed E-state index contributed by atoms with van der Waals surface area (Å²) in [5.74, 6) is 0. The summed E-state index contributed by atoms with van der Waals surface area (Å²) in [5, 5.41) is 2.19. The van der Waals surface area contributed by atoms with Gasteiger partial charge < -0.3 is 0 Å². The molecular weight excluding hydrogens is 112 g/mol. The summed E-state index contributed by atoms with van der Waals surface area (Å²) >= 11 is 0. The van der Waals surface area contributed by atoms with Crippen molar-refractivity contribution in [2.45, 2.75) is 19.3 Å². The maximum Gasteiger partial charge on any atom is 0.0131 e. The normalized spacial score (nSPS) is 23.7. The Balaban J connectivity index is 2.18. The molecule has 0 bridgehead atoms. The first-order valence-electron chi connectivity index (χ1n) is 3.71. The minimum absolute atomic E-state index is 0.889. The topological polar surface area (TPSA) is 15.3 Å². The van der Waals surface area contributed by atoms with E-state index in [1.165, 1.54) is 25.8 Å². The van der Waals surface area contributed by atoms with E-state index in [2.05, 4.69) is 17.4 Å². The number of nitrogens with one attached hydrogen (secondary N) is 1. The molecule has 0 unspecified atom stereocenters. The Morgan fingerprint density at radius 3 is 3.00 bits per heavy atom. The summed E-state index contributed by atoms with van der Waals surface area (Å²) in [6, 6.07) is 0. The molecule has 1 rings (SSSR count). The molecule has 9 heavy (non-hydrogen) atoms. The molecule has 1 heterocycles. The lowest BCUT2D eigenvalue weighted by Gasteiger charge is -2.17. The highest BCUT2D eigenvalue weighted by Crippen LogP contribution is 2.00. The fourth-order valence-electron chi connectivity index (χ4n) is 1.11. The standard InChI is InChI=1S/C7H15N2/c1-2-9-7-5-3-4-6-8-9/h8H,1-7H2. The van der Waals surface area contributed by atoms with E-state index in [1.807, 2.05) is 0 Å². The lowest BCUT2D eigenvalue weighted by molar-refractivity contribution is 0.224. The summed E-state index contributed by atoms with van der Waals surface area (Å²) < 4.78 is 0. The van der Waals surface area contributed by atoms with Crippen LogP contribution >= 0.6 is 0 Å². The monoisotopic (exact) mass is 127 g/mol. The van der Waals surface area contributed by atoms with Crippen LogP contribution in [-0.2, 0) is 0 Å². The first-order chi connectivity index (χ1) is 4.43. The molecule has 53 valence electrons. The Morgan fingerprint density at radius 2 is 2.22 bits per heavy atom. The van der Waals surface area contributed by atoms with Crippen LogP contribution in [0.3, 0.4) is 0 Å². The smallest absolute Gasteiger partial charge is 0.0131 e. The minimum atomic E-state index is 0.889. The van der Waals surface area contributed by atoms with Crippen LogP contribution in [0.5, 0.6) is 0 Å². The van der Waals surface area contributed by atoms with Crippen LogP contribution in [0.15, 0.2) is 0 Å². The molecule has 1 aliphatic heterocycles. The predicted octanol–water partition coefficient (Wildman–Crippen LogP) is 0.811. The Morgan fingerprint density at radius 1 is 1.33 bits per heavy atom. The molecule has 1 fully saturated rings. The second kappa shape index (κ2) is 3.85. The zero-order chi connectivity index (χ0) is 6.53. The van der Waals surface area contributed by atoms with E-state index in [9.17, 15) is 0 Å². The molecule has 2 heteroatoms.